The van der Waals surface area contributed by atoms with Crippen molar-refractivity contribution in [3.8, 4) is 0 Å². The Balaban J connectivity index is 0.00000380. The molecule has 0 spiro atoms. The summed E-state index contributed by atoms with van der Waals surface area (Å²) in [6, 6.07) is 18.8. The zero-order valence-electron chi connectivity index (χ0n) is 20.5. The number of benzene rings is 4. The van der Waals surface area contributed by atoms with Crippen LogP contribution in [0.25, 0.3) is 10.8 Å². The molecule has 0 unspecified atom stereocenters. The fourth-order valence-corrected chi connectivity index (χ4v) is 5.62. The summed E-state index contributed by atoms with van der Waals surface area (Å²) < 4.78 is 63.1. The zero-order chi connectivity index (χ0) is 26.1. The molecular formula is C25H23N4NaO5S2. The van der Waals surface area contributed by atoms with Gasteiger partial charge in [-0.1, -0.05) is 43.3 Å². The van der Waals surface area contributed by atoms with Crippen molar-refractivity contribution in [1.82, 2.24) is 0 Å². The Kier molecular flexibility index (Phi) is 8.78. The molecule has 0 heterocycles. The van der Waals surface area contributed by atoms with Gasteiger partial charge in [-0.2, -0.15) is 5.11 Å². The number of nitrogens with zero attached hydrogens (tertiary/aromatic N) is 2. The molecule has 3 N–H and O–H groups in total. The van der Waals surface area contributed by atoms with Gasteiger partial charge in [0.1, 0.15) is 15.8 Å². The summed E-state index contributed by atoms with van der Waals surface area (Å²) >= 11 is 0. The van der Waals surface area contributed by atoms with Crippen molar-refractivity contribution in [3.05, 3.63) is 83.9 Å². The minimum Gasteiger partial charge on any atom is -0.744 e. The van der Waals surface area contributed by atoms with E-state index in [9.17, 15) is 21.4 Å². The van der Waals surface area contributed by atoms with Crippen LogP contribution in [0, 0.1) is 6.92 Å². The summed E-state index contributed by atoms with van der Waals surface area (Å²) in [7, 11) is -8.53. The van der Waals surface area contributed by atoms with Gasteiger partial charge in [-0.3, -0.25) is 4.72 Å². The van der Waals surface area contributed by atoms with Crippen LogP contribution < -0.4 is 40.0 Å². The van der Waals surface area contributed by atoms with Crippen LogP contribution in [-0.2, 0) is 26.6 Å². The van der Waals surface area contributed by atoms with Gasteiger partial charge in [0, 0.05) is 5.39 Å². The van der Waals surface area contributed by atoms with E-state index in [-0.39, 0.29) is 56.4 Å². The molecule has 0 aliphatic heterocycles. The predicted molar refractivity (Wildman–Crippen MR) is 138 cm³/mol. The maximum atomic E-state index is 13.2. The smallest absolute Gasteiger partial charge is 0.744 e. The molecule has 0 aromatic heterocycles. The van der Waals surface area contributed by atoms with Crippen molar-refractivity contribution in [2.24, 2.45) is 10.2 Å². The molecule has 186 valence electrons. The molecule has 0 radical (unpaired) electrons. The first-order valence-corrected chi connectivity index (χ1v) is 13.8. The SMILES string of the molecule is CCc1ccccc1NS(=O)(=O)c1cc(N=Nc2c(N)ccc3cc(S(=O)(=O)[O-])ccc23)ccc1C.[Na+]. The number of para-hydroxylation sites is 1. The zero-order valence-corrected chi connectivity index (χ0v) is 24.1. The molecular weight excluding hydrogens is 523 g/mol. The van der Waals surface area contributed by atoms with Crippen molar-refractivity contribution in [2.45, 2.75) is 30.1 Å². The number of anilines is 2. The first-order valence-electron chi connectivity index (χ1n) is 10.9. The molecule has 37 heavy (non-hydrogen) atoms. The van der Waals surface area contributed by atoms with Crippen molar-refractivity contribution in [3.63, 3.8) is 0 Å². The molecule has 12 heteroatoms. The maximum Gasteiger partial charge on any atom is 1.00 e. The minimum atomic E-state index is -4.62. The van der Waals surface area contributed by atoms with Crippen molar-refractivity contribution in [1.29, 1.82) is 0 Å². The van der Waals surface area contributed by atoms with E-state index in [1.165, 1.54) is 30.3 Å². The second-order valence-electron chi connectivity index (χ2n) is 8.11. The molecule has 0 fully saturated rings. The maximum absolute atomic E-state index is 13.2. The van der Waals surface area contributed by atoms with Crippen molar-refractivity contribution in [2.75, 3.05) is 10.5 Å². The van der Waals surface area contributed by atoms with Crippen LogP contribution in [0.4, 0.5) is 22.7 Å². The van der Waals surface area contributed by atoms with Crippen molar-refractivity contribution < 1.29 is 50.9 Å². The summed E-state index contributed by atoms with van der Waals surface area (Å²) in [5.74, 6) is 0. The van der Waals surface area contributed by atoms with Gasteiger partial charge in [0.25, 0.3) is 10.0 Å². The van der Waals surface area contributed by atoms with Gasteiger partial charge < -0.3 is 10.3 Å². The van der Waals surface area contributed by atoms with Gasteiger partial charge >= 0.3 is 29.6 Å². The molecule has 9 nitrogen and oxygen atoms in total. The van der Waals surface area contributed by atoms with E-state index >= 15 is 0 Å². The Labute approximate surface area is 237 Å². The second-order valence-corrected chi connectivity index (χ2v) is 11.1. The number of aryl methyl sites for hydroxylation is 2. The third kappa shape index (κ3) is 6.38. The van der Waals surface area contributed by atoms with Gasteiger partial charge in [0.15, 0.2) is 0 Å². The Hall–Kier alpha value is -2.80. The van der Waals surface area contributed by atoms with Gasteiger partial charge in [0.2, 0.25) is 0 Å². The topological polar surface area (TPSA) is 154 Å². The average Bonchev–Trinajstić information content (AvgIpc) is 2.83. The molecule has 4 aromatic carbocycles. The fourth-order valence-electron chi connectivity index (χ4n) is 3.75. The molecule has 0 atom stereocenters. The van der Waals surface area contributed by atoms with Crippen LogP contribution in [0.3, 0.4) is 0 Å². The number of rotatable bonds is 7. The number of hydrogen-bond acceptors (Lipinski definition) is 8. The molecule has 0 amide bonds. The van der Waals surface area contributed by atoms with E-state index in [1.807, 2.05) is 19.1 Å². The minimum absolute atomic E-state index is 0. The first kappa shape index (κ1) is 28.8. The largest absolute Gasteiger partial charge is 1.00 e. The summed E-state index contributed by atoms with van der Waals surface area (Å²) in [4.78, 5) is -0.311. The standard InChI is InChI=1S/C25H24N4O5S2.Na/c1-3-17-6-4-5-7-23(17)29-35(30,31)24-15-19(10-8-16(24)2)27-28-25-21-12-11-20(36(32,33)34)14-18(21)9-13-22(25)26;/h4-15,29H,3,26H2,1-2H3,(H,32,33,34);/q;+1/p-1. The molecule has 0 bridgehead atoms. The normalized spacial score (nSPS) is 12.0. The van der Waals surface area contributed by atoms with E-state index in [0.29, 0.717) is 28.4 Å². The monoisotopic (exact) mass is 546 g/mol. The fraction of sp³-hybridized carbons (Fsp3) is 0.120. The number of nitrogens with one attached hydrogen (secondary N) is 1. The van der Waals surface area contributed by atoms with E-state index in [0.717, 1.165) is 5.56 Å². The van der Waals surface area contributed by atoms with Crippen LogP contribution in [0.15, 0.2) is 92.8 Å². The van der Waals surface area contributed by atoms with E-state index in [4.69, 9.17) is 5.73 Å². The Morgan fingerprint density at radius 1 is 0.919 bits per heavy atom. The number of nitrogen functional groups attached to an aromatic ring is 1. The predicted octanol–water partition coefficient (Wildman–Crippen LogP) is 2.42. The summed E-state index contributed by atoms with van der Waals surface area (Å²) in [6.07, 6.45) is 0.667. The molecule has 0 saturated heterocycles. The molecule has 4 rings (SSSR count). The molecule has 0 aliphatic carbocycles. The van der Waals surface area contributed by atoms with Gasteiger partial charge in [-0.05, 0) is 66.3 Å². The van der Waals surface area contributed by atoms with Crippen LogP contribution in [-0.4, -0.2) is 21.4 Å². The third-order valence-electron chi connectivity index (χ3n) is 5.65. The van der Waals surface area contributed by atoms with Crippen LogP contribution in [0.1, 0.15) is 18.1 Å². The van der Waals surface area contributed by atoms with Gasteiger partial charge in [-0.25, -0.2) is 16.8 Å². The van der Waals surface area contributed by atoms with Crippen LogP contribution in [0.5, 0.6) is 0 Å². The number of sulfonamides is 1. The Morgan fingerprint density at radius 2 is 1.65 bits per heavy atom. The molecule has 0 aliphatic rings. The second kappa shape index (κ2) is 11.3. The van der Waals surface area contributed by atoms with E-state index < -0.39 is 20.1 Å². The molecule has 4 aromatic rings. The quantitative estimate of drug-likeness (QED) is 0.157. The molecule has 0 saturated carbocycles. The average molecular weight is 547 g/mol. The third-order valence-corrected chi connectivity index (χ3v) is 7.99. The van der Waals surface area contributed by atoms with Crippen molar-refractivity contribution >= 4 is 53.7 Å². The number of nitrogens with two attached hydrogens (primary N) is 1. The Bertz CT molecular complexity index is 1720. The van der Waals surface area contributed by atoms with E-state index in [1.54, 1.807) is 37.3 Å². The number of azo groups is 1. The Morgan fingerprint density at radius 3 is 2.35 bits per heavy atom. The van der Waals surface area contributed by atoms with Gasteiger partial charge in [0.05, 0.1) is 26.9 Å². The van der Waals surface area contributed by atoms with Gasteiger partial charge in [-0.15, -0.1) is 5.11 Å². The first-order chi connectivity index (χ1) is 17.0. The number of fused-ring (bicyclic) bond motifs is 1. The number of hydrogen-bond donors (Lipinski definition) is 2. The summed E-state index contributed by atoms with van der Waals surface area (Å²) in [5.41, 5.74) is 8.81. The summed E-state index contributed by atoms with van der Waals surface area (Å²) in [6.45, 7) is 3.63. The summed E-state index contributed by atoms with van der Waals surface area (Å²) in [5, 5.41) is 9.34. The van der Waals surface area contributed by atoms with Crippen LogP contribution >= 0.6 is 0 Å². The van der Waals surface area contributed by atoms with Crippen LogP contribution in [0.2, 0.25) is 0 Å². The van der Waals surface area contributed by atoms with E-state index in [2.05, 4.69) is 15.0 Å².